The SMILES string of the molecule is CCC(=O)N1CC(F)(F)CC1Cn1cc(C(=O)NCc2ccccc2)nn1. The van der Waals surface area contributed by atoms with Gasteiger partial charge >= 0.3 is 0 Å². The zero-order valence-corrected chi connectivity index (χ0v) is 14.9. The second-order valence-electron chi connectivity index (χ2n) is 6.58. The number of hydrogen-bond acceptors (Lipinski definition) is 4. The molecular formula is C18H21F2N5O2. The van der Waals surface area contributed by atoms with Gasteiger partial charge in [0.25, 0.3) is 11.8 Å². The van der Waals surface area contributed by atoms with Crippen molar-refractivity contribution in [2.24, 2.45) is 0 Å². The Labute approximate surface area is 155 Å². The van der Waals surface area contributed by atoms with E-state index in [1.807, 2.05) is 30.3 Å². The fourth-order valence-corrected chi connectivity index (χ4v) is 3.13. The molecule has 1 aliphatic heterocycles. The molecule has 9 heteroatoms. The number of carbonyl (C=O) groups is 2. The van der Waals surface area contributed by atoms with Crippen molar-refractivity contribution in [2.75, 3.05) is 6.54 Å². The van der Waals surface area contributed by atoms with Gasteiger partial charge in [0.2, 0.25) is 5.91 Å². The van der Waals surface area contributed by atoms with Crippen molar-refractivity contribution < 1.29 is 18.4 Å². The van der Waals surface area contributed by atoms with E-state index in [4.69, 9.17) is 0 Å². The zero-order chi connectivity index (χ0) is 19.4. The number of halogens is 2. The van der Waals surface area contributed by atoms with Gasteiger partial charge in [0.15, 0.2) is 5.69 Å². The van der Waals surface area contributed by atoms with Crippen LogP contribution in [0.1, 0.15) is 35.8 Å². The largest absolute Gasteiger partial charge is 0.347 e. The highest BCUT2D eigenvalue weighted by molar-refractivity contribution is 5.91. The molecule has 2 aromatic rings. The molecule has 7 nitrogen and oxygen atoms in total. The number of nitrogens with zero attached hydrogens (tertiary/aromatic N) is 4. The molecule has 1 aromatic carbocycles. The summed E-state index contributed by atoms with van der Waals surface area (Å²) in [6, 6.07) is 8.73. The molecule has 0 aliphatic carbocycles. The topological polar surface area (TPSA) is 80.1 Å². The van der Waals surface area contributed by atoms with Crippen LogP contribution in [0, 0.1) is 0 Å². The molecule has 1 unspecified atom stereocenters. The number of likely N-dealkylation sites (tertiary alicyclic amines) is 1. The van der Waals surface area contributed by atoms with E-state index in [9.17, 15) is 18.4 Å². The third-order valence-electron chi connectivity index (χ3n) is 4.46. The normalized spacial score (nSPS) is 18.5. The molecule has 144 valence electrons. The summed E-state index contributed by atoms with van der Waals surface area (Å²) in [5.74, 6) is -3.63. The first-order valence-electron chi connectivity index (χ1n) is 8.77. The summed E-state index contributed by atoms with van der Waals surface area (Å²) >= 11 is 0. The van der Waals surface area contributed by atoms with Gasteiger partial charge in [-0.15, -0.1) is 5.10 Å². The van der Waals surface area contributed by atoms with Crippen molar-refractivity contribution in [2.45, 2.75) is 44.8 Å². The molecule has 0 saturated carbocycles. The quantitative estimate of drug-likeness (QED) is 0.833. The second kappa shape index (κ2) is 7.81. The number of aromatic nitrogens is 3. The van der Waals surface area contributed by atoms with Gasteiger partial charge in [-0.2, -0.15) is 0 Å². The molecule has 27 heavy (non-hydrogen) atoms. The molecule has 3 rings (SSSR count). The number of hydrogen-bond donors (Lipinski definition) is 1. The first kappa shape index (κ1) is 18.9. The van der Waals surface area contributed by atoms with E-state index in [0.29, 0.717) is 6.54 Å². The Morgan fingerprint density at radius 2 is 2.04 bits per heavy atom. The highest BCUT2D eigenvalue weighted by Crippen LogP contribution is 2.33. The van der Waals surface area contributed by atoms with E-state index in [1.165, 1.54) is 15.8 Å². The van der Waals surface area contributed by atoms with Crippen molar-refractivity contribution in [1.82, 2.24) is 25.2 Å². The van der Waals surface area contributed by atoms with Crippen molar-refractivity contribution in [3.05, 3.63) is 47.8 Å². The van der Waals surface area contributed by atoms with Crippen LogP contribution in [-0.4, -0.2) is 50.2 Å². The average molecular weight is 377 g/mol. The summed E-state index contributed by atoms with van der Waals surface area (Å²) in [4.78, 5) is 25.3. The van der Waals surface area contributed by atoms with Crippen LogP contribution < -0.4 is 5.32 Å². The van der Waals surface area contributed by atoms with Crippen molar-refractivity contribution >= 4 is 11.8 Å². The summed E-state index contributed by atoms with van der Waals surface area (Å²) in [5, 5.41) is 10.4. The summed E-state index contributed by atoms with van der Waals surface area (Å²) in [7, 11) is 0. The molecule has 2 heterocycles. The molecule has 1 N–H and O–H groups in total. The van der Waals surface area contributed by atoms with Crippen LogP contribution in [-0.2, 0) is 17.9 Å². The molecule has 1 atom stereocenters. The Morgan fingerprint density at radius 3 is 2.74 bits per heavy atom. The number of carbonyl (C=O) groups excluding carboxylic acids is 2. The van der Waals surface area contributed by atoms with Gasteiger partial charge in [0.1, 0.15) is 0 Å². The summed E-state index contributed by atoms with van der Waals surface area (Å²) in [6.07, 6.45) is 1.15. The maximum absolute atomic E-state index is 13.7. The number of nitrogens with one attached hydrogen (secondary N) is 1. The van der Waals surface area contributed by atoms with Gasteiger partial charge < -0.3 is 10.2 Å². The number of amides is 2. The molecule has 1 aliphatic rings. The molecule has 0 spiro atoms. The lowest BCUT2D eigenvalue weighted by atomic mass is 10.2. The molecule has 1 fully saturated rings. The third kappa shape index (κ3) is 4.66. The summed E-state index contributed by atoms with van der Waals surface area (Å²) in [5.41, 5.74) is 1.05. The monoisotopic (exact) mass is 377 g/mol. The van der Waals surface area contributed by atoms with E-state index in [1.54, 1.807) is 6.92 Å². The van der Waals surface area contributed by atoms with Crippen LogP contribution in [0.2, 0.25) is 0 Å². The van der Waals surface area contributed by atoms with Crippen LogP contribution in [0.25, 0.3) is 0 Å². The Balaban J connectivity index is 1.61. The van der Waals surface area contributed by atoms with Crippen LogP contribution >= 0.6 is 0 Å². The summed E-state index contributed by atoms with van der Waals surface area (Å²) in [6.45, 7) is 1.48. The Morgan fingerprint density at radius 1 is 1.30 bits per heavy atom. The maximum Gasteiger partial charge on any atom is 0.273 e. The molecule has 0 radical (unpaired) electrons. The third-order valence-corrected chi connectivity index (χ3v) is 4.46. The number of benzene rings is 1. The van der Waals surface area contributed by atoms with E-state index in [0.717, 1.165) is 5.56 Å². The lowest BCUT2D eigenvalue weighted by molar-refractivity contribution is -0.133. The number of rotatable bonds is 6. The van der Waals surface area contributed by atoms with E-state index < -0.39 is 30.8 Å². The molecule has 1 aromatic heterocycles. The minimum Gasteiger partial charge on any atom is -0.347 e. The van der Waals surface area contributed by atoms with Crippen molar-refractivity contribution in [3.8, 4) is 0 Å². The molecule has 0 bridgehead atoms. The molecular weight excluding hydrogens is 356 g/mol. The maximum atomic E-state index is 13.7. The minimum atomic E-state index is -2.91. The van der Waals surface area contributed by atoms with Gasteiger partial charge in [-0.1, -0.05) is 42.5 Å². The lowest BCUT2D eigenvalue weighted by Crippen LogP contribution is -2.38. The summed E-state index contributed by atoms with van der Waals surface area (Å²) < 4.78 is 28.8. The smallest absolute Gasteiger partial charge is 0.273 e. The predicted molar refractivity (Wildman–Crippen MR) is 93.0 cm³/mol. The highest BCUT2D eigenvalue weighted by Gasteiger charge is 2.46. The highest BCUT2D eigenvalue weighted by atomic mass is 19.3. The predicted octanol–water partition coefficient (Wildman–Crippen LogP) is 1.85. The van der Waals surface area contributed by atoms with Crippen molar-refractivity contribution in [1.29, 1.82) is 0 Å². The van der Waals surface area contributed by atoms with Gasteiger partial charge in [0.05, 0.1) is 25.3 Å². The van der Waals surface area contributed by atoms with Gasteiger partial charge in [-0.05, 0) is 5.56 Å². The molecule has 2 amide bonds. The van der Waals surface area contributed by atoms with Crippen molar-refractivity contribution in [3.63, 3.8) is 0 Å². The number of alkyl halides is 2. The Hall–Kier alpha value is -2.84. The van der Waals surface area contributed by atoms with Crippen LogP contribution in [0.4, 0.5) is 8.78 Å². The Bertz CT molecular complexity index is 809. The Kier molecular flexibility index (Phi) is 5.48. The van der Waals surface area contributed by atoms with Gasteiger partial charge in [0, 0.05) is 19.4 Å². The second-order valence-corrected chi connectivity index (χ2v) is 6.58. The van der Waals surface area contributed by atoms with Crippen LogP contribution in [0.5, 0.6) is 0 Å². The standard InChI is InChI=1S/C18H21F2N5O2/c1-2-16(26)25-12-18(19,20)8-14(25)10-24-11-15(22-23-24)17(27)21-9-13-6-4-3-5-7-13/h3-7,11,14H,2,8-10,12H2,1H3,(H,21,27). The zero-order valence-electron chi connectivity index (χ0n) is 14.9. The minimum absolute atomic E-state index is 0.0697. The fraction of sp³-hybridized carbons (Fsp3) is 0.444. The first-order chi connectivity index (χ1) is 12.9. The fourth-order valence-electron chi connectivity index (χ4n) is 3.13. The van der Waals surface area contributed by atoms with Crippen LogP contribution in [0.15, 0.2) is 36.5 Å². The van der Waals surface area contributed by atoms with E-state index >= 15 is 0 Å². The van der Waals surface area contributed by atoms with Crippen LogP contribution in [0.3, 0.4) is 0 Å². The molecule has 1 saturated heterocycles. The first-order valence-corrected chi connectivity index (χ1v) is 8.77. The van der Waals surface area contributed by atoms with E-state index in [2.05, 4.69) is 15.6 Å². The van der Waals surface area contributed by atoms with Gasteiger partial charge in [-0.25, -0.2) is 13.5 Å². The van der Waals surface area contributed by atoms with Gasteiger partial charge in [-0.3, -0.25) is 9.59 Å². The average Bonchev–Trinajstić information content (AvgIpc) is 3.24. The lowest BCUT2D eigenvalue weighted by Gasteiger charge is -2.23. The van der Waals surface area contributed by atoms with E-state index in [-0.39, 0.29) is 24.6 Å².